The van der Waals surface area contributed by atoms with Gasteiger partial charge in [0.05, 0.1) is 6.42 Å². The van der Waals surface area contributed by atoms with E-state index in [-0.39, 0.29) is 18.8 Å². The number of fused-ring (bicyclic) bond motifs is 1. The monoisotopic (exact) mass is 226 g/mol. The molecule has 0 bridgehead atoms. The van der Waals surface area contributed by atoms with E-state index in [1.807, 2.05) is 6.92 Å². The van der Waals surface area contributed by atoms with Crippen LogP contribution >= 0.6 is 0 Å². The molecule has 0 spiro atoms. The Hall–Kier alpha value is -1.20. The lowest BCUT2D eigenvalue weighted by Crippen LogP contribution is -2.64. The Morgan fingerprint density at radius 1 is 1.50 bits per heavy atom. The first-order chi connectivity index (χ1) is 7.57. The van der Waals surface area contributed by atoms with Gasteiger partial charge >= 0.3 is 5.97 Å². The lowest BCUT2D eigenvalue weighted by molar-refractivity contribution is -0.325. The van der Waals surface area contributed by atoms with Crippen LogP contribution in [0.5, 0.6) is 0 Å². The quantitative estimate of drug-likeness (QED) is 0.644. The number of hydrogen-bond donors (Lipinski definition) is 0. The van der Waals surface area contributed by atoms with E-state index in [1.165, 1.54) is 13.2 Å². The minimum Gasteiger partial charge on any atom is -0.447 e. The minimum absolute atomic E-state index is 0.0706. The molecule has 0 amide bonds. The van der Waals surface area contributed by atoms with E-state index in [0.717, 1.165) is 0 Å². The molecule has 5 nitrogen and oxygen atoms in total. The van der Waals surface area contributed by atoms with E-state index in [2.05, 4.69) is 0 Å². The smallest absolute Gasteiger partial charge is 0.333 e. The molecule has 0 unspecified atom stereocenters. The number of hydrogen-bond acceptors (Lipinski definition) is 5. The predicted molar refractivity (Wildman–Crippen MR) is 53.6 cm³/mol. The first kappa shape index (κ1) is 11.3. The zero-order chi connectivity index (χ0) is 11.8. The van der Waals surface area contributed by atoms with E-state index in [0.29, 0.717) is 6.42 Å². The summed E-state index contributed by atoms with van der Waals surface area (Å²) in [4.78, 5) is 22.7. The highest BCUT2D eigenvalue weighted by Gasteiger charge is 2.59. The predicted octanol–water partition coefficient (Wildman–Crippen LogP) is 0.580. The summed E-state index contributed by atoms with van der Waals surface area (Å²) in [5, 5.41) is 0. The first-order valence-corrected chi connectivity index (χ1v) is 5.20. The van der Waals surface area contributed by atoms with Crippen molar-refractivity contribution in [2.45, 2.75) is 31.2 Å². The van der Waals surface area contributed by atoms with Crippen molar-refractivity contribution in [2.75, 3.05) is 13.7 Å². The van der Waals surface area contributed by atoms with Crippen LogP contribution < -0.4 is 0 Å². The molecule has 1 heterocycles. The molecule has 0 aromatic rings. The van der Waals surface area contributed by atoms with Gasteiger partial charge in [0.25, 0.3) is 0 Å². The van der Waals surface area contributed by atoms with Crippen molar-refractivity contribution in [1.29, 1.82) is 0 Å². The number of ketones is 1. The number of carbonyl (C=O) groups excluding carboxylic acids is 2. The van der Waals surface area contributed by atoms with Gasteiger partial charge in [-0.05, 0) is 18.6 Å². The Morgan fingerprint density at radius 3 is 2.88 bits per heavy atom. The highest BCUT2D eigenvalue weighted by atomic mass is 16.7. The lowest BCUT2D eigenvalue weighted by atomic mass is 9.80. The summed E-state index contributed by atoms with van der Waals surface area (Å²) in [5.41, 5.74) is -0.981. The largest absolute Gasteiger partial charge is 0.447 e. The second-order valence-electron chi connectivity index (χ2n) is 3.94. The number of ether oxygens (including phenoxy) is 3. The molecule has 1 fully saturated rings. The van der Waals surface area contributed by atoms with Gasteiger partial charge in [0, 0.05) is 7.11 Å². The number of allylic oxidation sites excluding steroid dienone is 1. The Kier molecular flexibility index (Phi) is 2.59. The summed E-state index contributed by atoms with van der Waals surface area (Å²) in [5.74, 6) is -1.70. The summed E-state index contributed by atoms with van der Waals surface area (Å²) in [6.07, 6.45) is 3.56. The fourth-order valence-corrected chi connectivity index (χ4v) is 2.25. The van der Waals surface area contributed by atoms with Crippen LogP contribution in [0.3, 0.4) is 0 Å². The van der Waals surface area contributed by atoms with E-state index in [1.54, 1.807) is 6.08 Å². The van der Waals surface area contributed by atoms with Crippen LogP contribution in [0.1, 0.15) is 19.8 Å². The van der Waals surface area contributed by atoms with Crippen molar-refractivity contribution in [3.8, 4) is 0 Å². The number of carbonyl (C=O) groups is 2. The SMILES string of the molecule is CC[C@]12C=CC(=O)C[C@]1(OC)OCC(=O)O2. The van der Waals surface area contributed by atoms with Crippen molar-refractivity contribution < 1.29 is 23.8 Å². The Labute approximate surface area is 93.4 Å². The van der Waals surface area contributed by atoms with Crippen LogP contribution in [0.2, 0.25) is 0 Å². The summed E-state index contributed by atoms with van der Waals surface area (Å²) in [6.45, 7) is 1.67. The maximum Gasteiger partial charge on any atom is 0.333 e. The maximum absolute atomic E-state index is 11.4. The van der Waals surface area contributed by atoms with Crippen LogP contribution in [0.25, 0.3) is 0 Å². The molecule has 2 atom stereocenters. The lowest BCUT2D eigenvalue weighted by Gasteiger charge is -2.49. The van der Waals surface area contributed by atoms with Gasteiger partial charge in [-0.2, -0.15) is 0 Å². The number of rotatable bonds is 2. The second kappa shape index (κ2) is 3.68. The molecule has 16 heavy (non-hydrogen) atoms. The molecule has 0 aromatic heterocycles. The zero-order valence-electron chi connectivity index (χ0n) is 9.32. The molecule has 5 heteroatoms. The van der Waals surface area contributed by atoms with Crippen LogP contribution in [0.4, 0.5) is 0 Å². The molecular weight excluding hydrogens is 212 g/mol. The topological polar surface area (TPSA) is 61.8 Å². The first-order valence-electron chi connectivity index (χ1n) is 5.20. The van der Waals surface area contributed by atoms with Gasteiger partial charge in [0.15, 0.2) is 11.4 Å². The van der Waals surface area contributed by atoms with E-state index >= 15 is 0 Å². The average Bonchev–Trinajstić information content (AvgIpc) is 2.29. The molecule has 1 aliphatic heterocycles. The van der Waals surface area contributed by atoms with Crippen molar-refractivity contribution >= 4 is 11.8 Å². The third-order valence-electron chi connectivity index (χ3n) is 3.16. The molecule has 0 saturated carbocycles. The standard InChI is InChI=1S/C11H14O5/c1-3-10-5-4-8(12)6-11(10,14-2)15-7-9(13)16-10/h4-5H,3,6-7H2,1-2H3/t10-,11-/m0/s1. The Bertz CT molecular complexity index is 361. The molecule has 0 aromatic carbocycles. The van der Waals surface area contributed by atoms with Gasteiger partial charge in [-0.1, -0.05) is 6.92 Å². The van der Waals surface area contributed by atoms with Crippen LogP contribution in [0, 0.1) is 0 Å². The van der Waals surface area contributed by atoms with Crippen LogP contribution in [-0.4, -0.2) is 36.9 Å². The molecule has 0 N–H and O–H groups in total. The summed E-state index contributed by atoms with van der Waals surface area (Å²) in [7, 11) is 1.45. The van der Waals surface area contributed by atoms with Gasteiger partial charge in [-0.3, -0.25) is 4.79 Å². The highest BCUT2D eigenvalue weighted by molar-refractivity contribution is 5.92. The third-order valence-corrected chi connectivity index (χ3v) is 3.16. The molecule has 88 valence electrons. The highest BCUT2D eigenvalue weighted by Crippen LogP contribution is 2.43. The zero-order valence-corrected chi connectivity index (χ0v) is 9.32. The van der Waals surface area contributed by atoms with Crippen molar-refractivity contribution in [3.63, 3.8) is 0 Å². The van der Waals surface area contributed by atoms with E-state index in [9.17, 15) is 9.59 Å². The molecule has 1 saturated heterocycles. The molecular formula is C11H14O5. The maximum atomic E-state index is 11.4. The van der Waals surface area contributed by atoms with Gasteiger partial charge in [0.1, 0.15) is 6.61 Å². The second-order valence-corrected chi connectivity index (χ2v) is 3.94. The summed E-state index contributed by atoms with van der Waals surface area (Å²) in [6, 6.07) is 0. The summed E-state index contributed by atoms with van der Waals surface area (Å²) < 4.78 is 16.1. The third kappa shape index (κ3) is 1.39. The van der Waals surface area contributed by atoms with Gasteiger partial charge < -0.3 is 14.2 Å². The van der Waals surface area contributed by atoms with Gasteiger partial charge in [0.2, 0.25) is 5.79 Å². The van der Waals surface area contributed by atoms with Crippen molar-refractivity contribution in [1.82, 2.24) is 0 Å². The van der Waals surface area contributed by atoms with Crippen LogP contribution in [-0.2, 0) is 23.8 Å². The molecule has 0 radical (unpaired) electrons. The van der Waals surface area contributed by atoms with Gasteiger partial charge in [-0.15, -0.1) is 0 Å². The molecule has 2 aliphatic rings. The number of esters is 1. The van der Waals surface area contributed by atoms with E-state index < -0.39 is 17.4 Å². The fourth-order valence-electron chi connectivity index (χ4n) is 2.25. The van der Waals surface area contributed by atoms with Crippen molar-refractivity contribution in [2.24, 2.45) is 0 Å². The Balaban J connectivity index is 2.46. The summed E-state index contributed by atoms with van der Waals surface area (Å²) >= 11 is 0. The fraction of sp³-hybridized carbons (Fsp3) is 0.636. The molecule has 2 rings (SSSR count). The molecule has 1 aliphatic carbocycles. The van der Waals surface area contributed by atoms with E-state index in [4.69, 9.17) is 14.2 Å². The minimum atomic E-state index is -1.17. The van der Waals surface area contributed by atoms with Crippen LogP contribution in [0.15, 0.2) is 12.2 Å². The average molecular weight is 226 g/mol. The van der Waals surface area contributed by atoms with Gasteiger partial charge in [-0.25, -0.2) is 4.79 Å². The normalized spacial score (nSPS) is 38.1. The number of methoxy groups -OCH3 is 1. The Morgan fingerprint density at radius 2 is 2.25 bits per heavy atom. The van der Waals surface area contributed by atoms with Crippen molar-refractivity contribution in [3.05, 3.63) is 12.2 Å².